The van der Waals surface area contributed by atoms with Gasteiger partial charge in [-0.05, 0) is 58.2 Å². The third-order valence-corrected chi connectivity index (χ3v) is 3.50. The van der Waals surface area contributed by atoms with Crippen LogP contribution in [0.2, 0.25) is 0 Å². The van der Waals surface area contributed by atoms with Gasteiger partial charge in [0.15, 0.2) is 0 Å². The smallest absolute Gasteiger partial charge is 0.0491 e. The van der Waals surface area contributed by atoms with Crippen LogP contribution in [-0.4, -0.2) is 44.3 Å². The van der Waals surface area contributed by atoms with Crippen LogP contribution in [0, 0.1) is 5.92 Å². The van der Waals surface area contributed by atoms with Crippen LogP contribution in [0.3, 0.4) is 0 Å². The summed E-state index contributed by atoms with van der Waals surface area (Å²) in [6.07, 6.45) is 4.98. The molecule has 1 rings (SSSR count). The van der Waals surface area contributed by atoms with Crippen molar-refractivity contribution in [3.63, 3.8) is 0 Å². The maximum absolute atomic E-state index is 5.53. The molecule has 0 aromatic carbocycles. The largest absolute Gasteiger partial charge is 0.384 e. The number of hydrogen-bond acceptors (Lipinski definition) is 3. The zero-order valence-electron chi connectivity index (χ0n) is 10.2. The van der Waals surface area contributed by atoms with Gasteiger partial charge in [-0.3, -0.25) is 0 Å². The van der Waals surface area contributed by atoms with Crippen LogP contribution < -0.4 is 5.73 Å². The summed E-state index contributed by atoms with van der Waals surface area (Å²) in [5, 5.41) is 0. The van der Waals surface area contributed by atoms with Crippen molar-refractivity contribution in [2.45, 2.75) is 38.6 Å². The molecule has 1 aliphatic rings. The van der Waals surface area contributed by atoms with Crippen LogP contribution in [0.4, 0.5) is 0 Å². The zero-order chi connectivity index (χ0) is 11.1. The lowest BCUT2D eigenvalue weighted by Gasteiger charge is -2.35. The van der Waals surface area contributed by atoms with Gasteiger partial charge in [-0.2, -0.15) is 0 Å². The molecule has 1 atom stereocenters. The number of rotatable bonds is 6. The van der Waals surface area contributed by atoms with Crippen LogP contribution in [-0.2, 0) is 4.74 Å². The van der Waals surface area contributed by atoms with Gasteiger partial charge in [0.05, 0.1) is 0 Å². The highest BCUT2D eigenvalue weighted by molar-refractivity contribution is 4.76. The molecule has 0 radical (unpaired) electrons. The van der Waals surface area contributed by atoms with Crippen molar-refractivity contribution >= 4 is 0 Å². The summed E-state index contributed by atoms with van der Waals surface area (Å²) in [5.41, 5.74) is 5.53. The van der Waals surface area contributed by atoms with Crippen LogP contribution in [0.5, 0.6) is 0 Å². The lowest BCUT2D eigenvalue weighted by Crippen LogP contribution is -2.40. The fourth-order valence-corrected chi connectivity index (χ4v) is 2.39. The standard InChI is InChI=1S/C12H26N2O/c1-11(4-3-7-13)14-8-5-12(6-9-14)10-15-2/h11-12H,3-10,13H2,1-2H3. The maximum Gasteiger partial charge on any atom is 0.0491 e. The molecule has 0 aromatic heterocycles. The van der Waals surface area contributed by atoms with Crippen molar-refractivity contribution in [1.29, 1.82) is 0 Å². The second-order valence-electron chi connectivity index (χ2n) is 4.71. The Bertz CT molecular complexity index is 156. The lowest BCUT2D eigenvalue weighted by molar-refractivity contribution is 0.0811. The minimum atomic E-state index is 0.706. The number of nitrogens with zero attached hydrogens (tertiary/aromatic N) is 1. The molecule has 0 bridgehead atoms. The molecular weight excluding hydrogens is 188 g/mol. The highest BCUT2D eigenvalue weighted by Crippen LogP contribution is 2.20. The Hall–Kier alpha value is -0.120. The molecule has 1 aliphatic heterocycles. The average molecular weight is 214 g/mol. The molecule has 3 nitrogen and oxygen atoms in total. The van der Waals surface area contributed by atoms with Crippen LogP contribution in [0.25, 0.3) is 0 Å². The van der Waals surface area contributed by atoms with E-state index in [1.165, 1.54) is 32.4 Å². The number of ether oxygens (including phenoxy) is 1. The fourth-order valence-electron chi connectivity index (χ4n) is 2.39. The summed E-state index contributed by atoms with van der Waals surface area (Å²) in [4.78, 5) is 2.60. The second kappa shape index (κ2) is 7.20. The number of nitrogens with two attached hydrogens (primary N) is 1. The SMILES string of the molecule is COCC1CCN(C(C)CCCN)CC1. The van der Waals surface area contributed by atoms with E-state index in [9.17, 15) is 0 Å². The quantitative estimate of drug-likeness (QED) is 0.728. The van der Waals surface area contributed by atoms with E-state index in [4.69, 9.17) is 10.5 Å². The van der Waals surface area contributed by atoms with Crippen LogP contribution in [0.1, 0.15) is 32.6 Å². The summed E-state index contributed by atoms with van der Waals surface area (Å²) in [7, 11) is 1.80. The van der Waals surface area contributed by atoms with Crippen molar-refractivity contribution in [3.05, 3.63) is 0 Å². The number of piperidine rings is 1. The predicted molar refractivity (Wildman–Crippen MR) is 63.9 cm³/mol. The fraction of sp³-hybridized carbons (Fsp3) is 1.00. The first-order valence-electron chi connectivity index (χ1n) is 6.21. The predicted octanol–water partition coefficient (Wildman–Crippen LogP) is 1.47. The summed E-state index contributed by atoms with van der Waals surface area (Å²) >= 11 is 0. The van der Waals surface area contributed by atoms with Gasteiger partial charge in [0.25, 0.3) is 0 Å². The molecule has 0 aliphatic carbocycles. The molecule has 3 heteroatoms. The molecule has 0 amide bonds. The van der Waals surface area contributed by atoms with Gasteiger partial charge in [0.1, 0.15) is 0 Å². The van der Waals surface area contributed by atoms with E-state index in [2.05, 4.69) is 11.8 Å². The van der Waals surface area contributed by atoms with Gasteiger partial charge >= 0.3 is 0 Å². The van der Waals surface area contributed by atoms with E-state index < -0.39 is 0 Å². The van der Waals surface area contributed by atoms with Crippen LogP contribution >= 0.6 is 0 Å². The Labute approximate surface area is 94.0 Å². The molecular formula is C12H26N2O. The summed E-state index contributed by atoms with van der Waals surface area (Å²) in [6.45, 7) is 6.56. The topological polar surface area (TPSA) is 38.5 Å². The number of methoxy groups -OCH3 is 1. The van der Waals surface area contributed by atoms with E-state index in [1.807, 2.05) is 0 Å². The van der Waals surface area contributed by atoms with Gasteiger partial charge < -0.3 is 15.4 Å². The van der Waals surface area contributed by atoms with Gasteiger partial charge in [-0.1, -0.05) is 0 Å². The molecule has 0 aromatic rings. The average Bonchev–Trinajstić information content (AvgIpc) is 2.27. The lowest BCUT2D eigenvalue weighted by atomic mass is 9.96. The van der Waals surface area contributed by atoms with Crippen molar-refractivity contribution in [1.82, 2.24) is 4.90 Å². The molecule has 0 saturated carbocycles. The number of likely N-dealkylation sites (tertiary alicyclic amines) is 1. The maximum atomic E-state index is 5.53. The van der Waals surface area contributed by atoms with Gasteiger partial charge in [-0.25, -0.2) is 0 Å². The van der Waals surface area contributed by atoms with E-state index in [-0.39, 0.29) is 0 Å². The second-order valence-corrected chi connectivity index (χ2v) is 4.71. The number of hydrogen-bond donors (Lipinski definition) is 1. The Balaban J connectivity index is 2.18. The normalized spacial score (nSPS) is 21.8. The summed E-state index contributed by atoms with van der Waals surface area (Å²) in [5.74, 6) is 0.785. The van der Waals surface area contributed by atoms with E-state index in [0.29, 0.717) is 6.04 Å². The highest BCUT2D eigenvalue weighted by Gasteiger charge is 2.21. The molecule has 15 heavy (non-hydrogen) atoms. The minimum Gasteiger partial charge on any atom is -0.384 e. The molecule has 0 spiro atoms. The summed E-state index contributed by atoms with van der Waals surface area (Å²) in [6, 6.07) is 0.706. The van der Waals surface area contributed by atoms with Crippen molar-refractivity contribution < 1.29 is 4.74 Å². The van der Waals surface area contributed by atoms with E-state index in [1.54, 1.807) is 7.11 Å². The molecule has 1 fully saturated rings. The molecule has 1 unspecified atom stereocenters. The van der Waals surface area contributed by atoms with Crippen molar-refractivity contribution in [2.75, 3.05) is 33.4 Å². The minimum absolute atomic E-state index is 0.706. The van der Waals surface area contributed by atoms with Gasteiger partial charge in [0, 0.05) is 19.8 Å². The first-order valence-corrected chi connectivity index (χ1v) is 6.21. The summed E-state index contributed by atoms with van der Waals surface area (Å²) < 4.78 is 5.21. The Morgan fingerprint density at radius 3 is 2.60 bits per heavy atom. The zero-order valence-corrected chi connectivity index (χ0v) is 10.2. The first kappa shape index (κ1) is 12.9. The van der Waals surface area contributed by atoms with Gasteiger partial charge in [0.2, 0.25) is 0 Å². The van der Waals surface area contributed by atoms with Crippen molar-refractivity contribution in [2.24, 2.45) is 11.7 Å². The Morgan fingerprint density at radius 1 is 1.40 bits per heavy atom. The van der Waals surface area contributed by atoms with E-state index in [0.717, 1.165) is 25.5 Å². The highest BCUT2D eigenvalue weighted by atomic mass is 16.5. The Kier molecular flexibility index (Phi) is 6.22. The molecule has 1 saturated heterocycles. The first-order chi connectivity index (χ1) is 7.27. The molecule has 90 valence electrons. The molecule has 1 heterocycles. The van der Waals surface area contributed by atoms with Gasteiger partial charge in [-0.15, -0.1) is 0 Å². The Morgan fingerprint density at radius 2 is 2.07 bits per heavy atom. The van der Waals surface area contributed by atoms with Crippen LogP contribution in [0.15, 0.2) is 0 Å². The van der Waals surface area contributed by atoms with Crippen molar-refractivity contribution in [3.8, 4) is 0 Å². The van der Waals surface area contributed by atoms with E-state index >= 15 is 0 Å². The third kappa shape index (κ3) is 4.49. The molecule has 2 N–H and O–H groups in total. The third-order valence-electron chi connectivity index (χ3n) is 3.50. The monoisotopic (exact) mass is 214 g/mol.